The predicted molar refractivity (Wildman–Crippen MR) is 69.4 cm³/mol. The van der Waals surface area contributed by atoms with Gasteiger partial charge in [-0.15, -0.1) is 0 Å². The van der Waals surface area contributed by atoms with E-state index < -0.39 is 29.6 Å². The lowest BCUT2D eigenvalue weighted by Gasteiger charge is -2.26. The third kappa shape index (κ3) is 7.14. The Kier molecular flexibility index (Phi) is 6.15. The van der Waals surface area contributed by atoms with Crippen LogP contribution in [-0.4, -0.2) is 28.8 Å². The number of hydrogen-bond acceptors (Lipinski definition) is 3. The number of carboxylic acids is 1. The van der Waals surface area contributed by atoms with Crippen LogP contribution in [-0.2, 0) is 9.53 Å². The van der Waals surface area contributed by atoms with Gasteiger partial charge in [-0.3, -0.25) is 4.79 Å². The van der Waals surface area contributed by atoms with E-state index in [1.807, 2.05) is 13.8 Å². The van der Waals surface area contributed by atoms with Crippen molar-refractivity contribution in [1.82, 2.24) is 5.32 Å². The first-order valence-corrected chi connectivity index (χ1v) is 6.25. The molecule has 0 aromatic rings. The Hall–Kier alpha value is -1.26. The minimum atomic E-state index is -0.920. The summed E-state index contributed by atoms with van der Waals surface area (Å²) in [5.41, 5.74) is -0.584. The van der Waals surface area contributed by atoms with Crippen LogP contribution < -0.4 is 5.32 Å². The Morgan fingerprint density at radius 3 is 2.06 bits per heavy atom. The van der Waals surface area contributed by atoms with Gasteiger partial charge >= 0.3 is 12.1 Å². The van der Waals surface area contributed by atoms with Crippen LogP contribution in [0.25, 0.3) is 0 Å². The molecule has 0 aliphatic carbocycles. The fraction of sp³-hybridized carbons (Fsp3) is 0.846. The summed E-state index contributed by atoms with van der Waals surface area (Å²) in [6.07, 6.45) is 0.0356. The molecule has 0 radical (unpaired) electrons. The molecule has 1 amide bonds. The Bertz CT molecular complexity index is 294. The summed E-state index contributed by atoms with van der Waals surface area (Å²) < 4.78 is 5.14. The van der Waals surface area contributed by atoms with Gasteiger partial charge in [0.2, 0.25) is 0 Å². The van der Waals surface area contributed by atoms with Crippen molar-refractivity contribution in [1.29, 1.82) is 0 Å². The molecule has 2 N–H and O–H groups in total. The summed E-state index contributed by atoms with van der Waals surface area (Å²) in [6.45, 7) is 10.9. The summed E-state index contributed by atoms with van der Waals surface area (Å²) in [5, 5.41) is 11.7. The van der Waals surface area contributed by atoms with Crippen LogP contribution in [0.15, 0.2) is 0 Å². The summed E-state index contributed by atoms with van der Waals surface area (Å²) in [4.78, 5) is 22.6. The van der Waals surface area contributed by atoms with Crippen molar-refractivity contribution in [2.45, 2.75) is 59.6 Å². The maximum atomic E-state index is 11.7. The van der Waals surface area contributed by atoms with Crippen molar-refractivity contribution in [3.63, 3.8) is 0 Å². The highest BCUT2D eigenvalue weighted by Gasteiger charge is 2.27. The van der Waals surface area contributed by atoms with Crippen molar-refractivity contribution in [3.05, 3.63) is 0 Å². The zero-order chi connectivity index (χ0) is 14.5. The van der Waals surface area contributed by atoms with Gasteiger partial charge in [0.1, 0.15) is 5.60 Å². The van der Waals surface area contributed by atoms with Gasteiger partial charge in [-0.1, -0.05) is 13.8 Å². The average Bonchev–Trinajstić information content (AvgIpc) is 2.11. The molecule has 106 valence electrons. The van der Waals surface area contributed by atoms with Crippen molar-refractivity contribution in [2.24, 2.45) is 11.8 Å². The van der Waals surface area contributed by atoms with Gasteiger partial charge in [0.15, 0.2) is 0 Å². The number of amides is 1. The molecular weight excluding hydrogens is 234 g/mol. The number of carboxylic acid groups (broad SMARTS) is 1. The van der Waals surface area contributed by atoms with E-state index >= 15 is 0 Å². The molecule has 0 aliphatic rings. The van der Waals surface area contributed by atoms with Crippen LogP contribution >= 0.6 is 0 Å². The molecule has 0 fully saturated rings. The van der Waals surface area contributed by atoms with Gasteiger partial charge in [0.25, 0.3) is 0 Å². The highest BCUT2D eigenvalue weighted by Crippen LogP contribution is 2.15. The van der Waals surface area contributed by atoms with Crippen LogP contribution in [0.2, 0.25) is 0 Å². The molecular formula is C13H25NO4. The molecule has 0 aromatic heterocycles. The number of alkyl carbamates (subject to hydrolysis) is 1. The van der Waals surface area contributed by atoms with E-state index in [9.17, 15) is 9.59 Å². The van der Waals surface area contributed by atoms with Gasteiger partial charge in [-0.2, -0.15) is 0 Å². The third-order valence-electron chi connectivity index (χ3n) is 2.42. The molecule has 0 spiro atoms. The Morgan fingerprint density at radius 2 is 1.72 bits per heavy atom. The van der Waals surface area contributed by atoms with Crippen LogP contribution in [0.3, 0.4) is 0 Å². The first-order valence-electron chi connectivity index (χ1n) is 6.25. The lowest BCUT2D eigenvalue weighted by Crippen LogP contribution is -2.45. The van der Waals surface area contributed by atoms with Gasteiger partial charge in [0.05, 0.1) is 5.92 Å². The molecule has 0 unspecified atom stereocenters. The Labute approximate surface area is 109 Å². The van der Waals surface area contributed by atoms with Crippen LogP contribution in [0.1, 0.15) is 48.0 Å². The van der Waals surface area contributed by atoms with Gasteiger partial charge in [0, 0.05) is 6.04 Å². The number of carbonyl (C=O) groups excluding carboxylic acids is 1. The second-order valence-electron chi connectivity index (χ2n) is 6.01. The molecule has 0 saturated heterocycles. The number of ether oxygens (including phenoxy) is 1. The highest BCUT2D eigenvalue weighted by atomic mass is 16.6. The minimum absolute atomic E-state index is 0.298. The average molecular weight is 259 g/mol. The second-order valence-corrected chi connectivity index (χ2v) is 6.01. The van der Waals surface area contributed by atoms with Crippen molar-refractivity contribution >= 4 is 12.1 Å². The SMILES string of the molecule is CC(C)C[C@H](NC(=O)OC(C)(C)C)[C@H](C)C(=O)O. The Morgan fingerprint density at radius 1 is 1.22 bits per heavy atom. The fourth-order valence-corrected chi connectivity index (χ4v) is 1.53. The zero-order valence-corrected chi connectivity index (χ0v) is 12.1. The van der Waals surface area contributed by atoms with Crippen molar-refractivity contribution in [2.75, 3.05) is 0 Å². The standard InChI is InChI=1S/C13H25NO4/c1-8(2)7-10(9(3)11(15)16)14-12(17)18-13(4,5)6/h8-10H,7H2,1-6H3,(H,14,17)(H,15,16)/t9-,10-/m0/s1. The monoisotopic (exact) mass is 259 g/mol. The molecule has 0 heterocycles. The predicted octanol–water partition coefficient (Wildman–Crippen LogP) is 2.65. The number of aliphatic carboxylic acids is 1. The molecule has 5 heteroatoms. The van der Waals surface area contributed by atoms with E-state index in [0.717, 1.165) is 0 Å². The molecule has 0 aliphatic heterocycles. The van der Waals surface area contributed by atoms with Crippen LogP contribution in [0.5, 0.6) is 0 Å². The first-order chi connectivity index (χ1) is 8.03. The summed E-state index contributed by atoms with van der Waals surface area (Å²) in [5.74, 6) is -1.26. The maximum absolute atomic E-state index is 11.7. The van der Waals surface area contributed by atoms with Crippen molar-refractivity contribution < 1.29 is 19.4 Å². The van der Waals surface area contributed by atoms with Crippen LogP contribution in [0.4, 0.5) is 4.79 Å². The van der Waals surface area contributed by atoms with Gasteiger partial charge in [-0.05, 0) is 40.0 Å². The van der Waals surface area contributed by atoms with E-state index in [1.54, 1.807) is 27.7 Å². The van der Waals surface area contributed by atoms with Gasteiger partial charge < -0.3 is 15.2 Å². The van der Waals surface area contributed by atoms with E-state index in [2.05, 4.69) is 5.32 Å². The van der Waals surface area contributed by atoms with E-state index in [4.69, 9.17) is 9.84 Å². The molecule has 5 nitrogen and oxygen atoms in total. The fourth-order valence-electron chi connectivity index (χ4n) is 1.53. The molecule has 0 rings (SSSR count). The quantitative estimate of drug-likeness (QED) is 0.795. The number of rotatable bonds is 5. The summed E-state index contributed by atoms with van der Waals surface area (Å²) >= 11 is 0. The maximum Gasteiger partial charge on any atom is 0.407 e. The molecule has 0 aromatic carbocycles. The lowest BCUT2D eigenvalue weighted by atomic mass is 9.93. The van der Waals surface area contributed by atoms with Crippen LogP contribution in [0, 0.1) is 11.8 Å². The molecule has 2 atom stereocenters. The third-order valence-corrected chi connectivity index (χ3v) is 2.42. The number of carbonyl (C=O) groups is 2. The van der Waals surface area contributed by atoms with E-state index in [1.165, 1.54) is 0 Å². The minimum Gasteiger partial charge on any atom is -0.481 e. The highest BCUT2D eigenvalue weighted by molar-refractivity contribution is 5.73. The van der Waals surface area contributed by atoms with Gasteiger partial charge in [-0.25, -0.2) is 4.79 Å². The second kappa shape index (κ2) is 6.61. The topological polar surface area (TPSA) is 75.6 Å². The van der Waals surface area contributed by atoms with E-state index in [0.29, 0.717) is 12.3 Å². The zero-order valence-electron chi connectivity index (χ0n) is 12.1. The summed E-state index contributed by atoms with van der Waals surface area (Å²) in [7, 11) is 0. The largest absolute Gasteiger partial charge is 0.481 e. The summed E-state index contributed by atoms with van der Waals surface area (Å²) in [6, 6.07) is -0.419. The van der Waals surface area contributed by atoms with Crippen molar-refractivity contribution in [3.8, 4) is 0 Å². The van der Waals surface area contributed by atoms with E-state index in [-0.39, 0.29) is 0 Å². The molecule has 18 heavy (non-hydrogen) atoms. The first kappa shape index (κ1) is 16.7. The smallest absolute Gasteiger partial charge is 0.407 e. The number of nitrogens with one attached hydrogen (secondary N) is 1. The molecule has 0 bridgehead atoms. The molecule has 0 saturated carbocycles. The number of hydrogen-bond donors (Lipinski definition) is 2. The Balaban J connectivity index is 4.59. The normalized spacial score (nSPS) is 15.1. The lowest BCUT2D eigenvalue weighted by molar-refractivity contribution is -0.142.